The number of amides is 3. The number of aliphatic hydroxyl groups is 1. The maximum atomic E-state index is 12.3. The molecule has 0 aliphatic carbocycles. The van der Waals surface area contributed by atoms with Gasteiger partial charge in [-0.2, -0.15) is 0 Å². The Morgan fingerprint density at radius 1 is 1.20 bits per heavy atom. The Hall–Kier alpha value is -2.60. The fourth-order valence-electron chi connectivity index (χ4n) is 2.87. The molecule has 0 unspecified atom stereocenters. The summed E-state index contributed by atoms with van der Waals surface area (Å²) < 4.78 is 5.62. The van der Waals surface area contributed by atoms with Crippen molar-refractivity contribution in [2.24, 2.45) is 0 Å². The van der Waals surface area contributed by atoms with Crippen LogP contribution in [0.1, 0.15) is 20.3 Å². The largest absolute Gasteiger partial charge is 0.491 e. The molecule has 6 heteroatoms. The van der Waals surface area contributed by atoms with E-state index >= 15 is 0 Å². The maximum Gasteiger partial charge on any atom is 0.325 e. The number of β-amino-alcohol motifs (C(OH)–C–C–N with tert-alkyl or cyclic N) is 1. The van der Waals surface area contributed by atoms with E-state index in [-0.39, 0.29) is 19.1 Å². The van der Waals surface area contributed by atoms with Gasteiger partial charge in [0.25, 0.3) is 5.91 Å². The van der Waals surface area contributed by atoms with Crippen LogP contribution in [0.4, 0.5) is 4.79 Å². The Labute approximate surface area is 146 Å². The lowest BCUT2D eigenvalue weighted by atomic mass is 9.99. The zero-order chi connectivity index (χ0) is 18.0. The van der Waals surface area contributed by atoms with E-state index in [4.69, 9.17) is 4.74 Å². The minimum atomic E-state index is -0.958. The molecule has 0 radical (unpaired) electrons. The Bertz CT molecular complexity index is 807. The predicted molar refractivity (Wildman–Crippen MR) is 94.4 cm³/mol. The fourth-order valence-corrected chi connectivity index (χ4v) is 2.87. The average Bonchev–Trinajstić information content (AvgIpc) is 2.83. The monoisotopic (exact) mass is 342 g/mol. The molecular weight excluding hydrogens is 320 g/mol. The van der Waals surface area contributed by atoms with Gasteiger partial charge in [-0.15, -0.1) is 0 Å². The van der Waals surface area contributed by atoms with Gasteiger partial charge in [0.2, 0.25) is 0 Å². The predicted octanol–water partition coefficient (Wildman–Crippen LogP) is 2.30. The molecule has 2 N–H and O–H groups in total. The van der Waals surface area contributed by atoms with Crippen molar-refractivity contribution < 1.29 is 19.4 Å². The van der Waals surface area contributed by atoms with Gasteiger partial charge in [-0.1, -0.05) is 37.3 Å². The summed E-state index contributed by atoms with van der Waals surface area (Å²) in [6.07, 6.45) is -0.460. The van der Waals surface area contributed by atoms with Crippen molar-refractivity contribution in [3.05, 3.63) is 42.5 Å². The number of hydrogen-bond acceptors (Lipinski definition) is 4. The first-order valence-corrected chi connectivity index (χ1v) is 8.37. The number of carbonyl (C=O) groups excluding carboxylic acids is 2. The van der Waals surface area contributed by atoms with Gasteiger partial charge < -0.3 is 15.2 Å². The molecule has 0 bridgehead atoms. The Kier molecular flexibility index (Phi) is 4.63. The van der Waals surface area contributed by atoms with Crippen molar-refractivity contribution in [2.45, 2.75) is 31.9 Å². The van der Waals surface area contributed by atoms with Gasteiger partial charge in [0.1, 0.15) is 24.0 Å². The molecule has 1 heterocycles. The topological polar surface area (TPSA) is 78.9 Å². The Morgan fingerprint density at radius 3 is 2.60 bits per heavy atom. The van der Waals surface area contributed by atoms with Gasteiger partial charge in [0, 0.05) is 0 Å². The molecule has 1 aliphatic heterocycles. The van der Waals surface area contributed by atoms with Crippen LogP contribution in [0.5, 0.6) is 5.75 Å². The minimum Gasteiger partial charge on any atom is -0.491 e. The molecule has 0 spiro atoms. The van der Waals surface area contributed by atoms with E-state index in [0.717, 1.165) is 15.7 Å². The second kappa shape index (κ2) is 6.72. The fraction of sp³-hybridized carbons (Fsp3) is 0.368. The summed E-state index contributed by atoms with van der Waals surface area (Å²) in [5, 5.41) is 15.0. The van der Waals surface area contributed by atoms with E-state index in [1.807, 2.05) is 49.4 Å². The summed E-state index contributed by atoms with van der Waals surface area (Å²) in [5.74, 6) is 0.318. The normalized spacial score (nSPS) is 21.5. The smallest absolute Gasteiger partial charge is 0.325 e. The molecule has 0 saturated carbocycles. The lowest BCUT2D eigenvalue weighted by Gasteiger charge is -2.21. The van der Waals surface area contributed by atoms with Gasteiger partial charge in [-0.3, -0.25) is 9.69 Å². The molecule has 132 valence electrons. The number of nitrogens with zero attached hydrogens (tertiary/aromatic N) is 1. The lowest BCUT2D eigenvalue weighted by Crippen LogP contribution is -2.44. The molecule has 25 heavy (non-hydrogen) atoms. The van der Waals surface area contributed by atoms with Crippen LogP contribution in [0, 0.1) is 0 Å². The van der Waals surface area contributed by atoms with E-state index in [2.05, 4.69) is 5.32 Å². The first-order valence-electron chi connectivity index (χ1n) is 8.37. The van der Waals surface area contributed by atoms with Crippen molar-refractivity contribution in [1.29, 1.82) is 0 Å². The number of hydrogen-bond donors (Lipinski definition) is 2. The van der Waals surface area contributed by atoms with Crippen LogP contribution in [0.25, 0.3) is 10.8 Å². The van der Waals surface area contributed by atoms with Gasteiger partial charge in [0.05, 0.1) is 6.54 Å². The summed E-state index contributed by atoms with van der Waals surface area (Å²) in [7, 11) is 0. The molecule has 3 amide bonds. The van der Waals surface area contributed by atoms with E-state index in [0.29, 0.717) is 12.2 Å². The van der Waals surface area contributed by atoms with E-state index in [9.17, 15) is 14.7 Å². The summed E-state index contributed by atoms with van der Waals surface area (Å²) in [5.41, 5.74) is -0.893. The number of urea groups is 1. The van der Waals surface area contributed by atoms with E-state index < -0.39 is 17.7 Å². The third kappa shape index (κ3) is 3.44. The van der Waals surface area contributed by atoms with Crippen molar-refractivity contribution in [3.63, 3.8) is 0 Å². The summed E-state index contributed by atoms with van der Waals surface area (Å²) in [6.45, 7) is 3.43. The molecule has 3 rings (SSSR count). The summed E-state index contributed by atoms with van der Waals surface area (Å²) >= 11 is 0. The molecule has 6 nitrogen and oxygen atoms in total. The maximum absolute atomic E-state index is 12.3. The van der Waals surface area contributed by atoms with Crippen LogP contribution < -0.4 is 10.1 Å². The molecular formula is C19H22N2O4. The van der Waals surface area contributed by atoms with Crippen LogP contribution in [-0.2, 0) is 4.79 Å². The highest BCUT2D eigenvalue weighted by Gasteiger charge is 2.46. The molecule has 2 aromatic carbocycles. The standard InChI is InChI=1S/C19H22N2O4/c1-3-19(2)17(23)21(18(24)20-19)11-15(22)12-25-16-9-8-13-6-4-5-7-14(13)10-16/h4-10,15,22H,3,11-12H2,1-2H3,(H,20,24)/t15-,19-/m0/s1. The highest BCUT2D eigenvalue weighted by molar-refractivity contribution is 6.06. The number of ether oxygens (including phenoxy) is 1. The third-order valence-electron chi connectivity index (χ3n) is 4.61. The van der Waals surface area contributed by atoms with E-state index in [1.165, 1.54) is 0 Å². The Morgan fingerprint density at radius 2 is 1.92 bits per heavy atom. The number of rotatable bonds is 6. The highest BCUT2D eigenvalue weighted by atomic mass is 16.5. The zero-order valence-corrected chi connectivity index (χ0v) is 14.4. The quantitative estimate of drug-likeness (QED) is 0.790. The van der Waals surface area contributed by atoms with Gasteiger partial charge in [0.15, 0.2) is 0 Å². The number of fused-ring (bicyclic) bond motifs is 1. The first kappa shape index (κ1) is 17.2. The van der Waals surface area contributed by atoms with Crippen molar-refractivity contribution in [2.75, 3.05) is 13.2 Å². The molecule has 0 aromatic heterocycles. The number of carbonyl (C=O) groups is 2. The van der Waals surface area contributed by atoms with Gasteiger partial charge in [-0.25, -0.2) is 4.79 Å². The highest BCUT2D eigenvalue weighted by Crippen LogP contribution is 2.22. The van der Waals surface area contributed by atoms with Crippen LogP contribution in [0.2, 0.25) is 0 Å². The second-order valence-electron chi connectivity index (χ2n) is 6.51. The molecule has 2 atom stereocenters. The SMILES string of the molecule is CC[C@]1(C)NC(=O)N(C[C@H](O)COc2ccc3ccccc3c2)C1=O. The van der Waals surface area contributed by atoms with Crippen LogP contribution in [-0.4, -0.2) is 46.7 Å². The number of benzene rings is 2. The van der Waals surface area contributed by atoms with Crippen molar-refractivity contribution in [1.82, 2.24) is 10.2 Å². The Balaban J connectivity index is 1.60. The lowest BCUT2D eigenvalue weighted by molar-refractivity contribution is -0.132. The van der Waals surface area contributed by atoms with Crippen LogP contribution >= 0.6 is 0 Å². The zero-order valence-electron chi connectivity index (χ0n) is 14.4. The molecule has 2 aromatic rings. The van der Waals surface area contributed by atoms with Crippen molar-refractivity contribution in [3.8, 4) is 5.75 Å². The molecule has 1 saturated heterocycles. The number of nitrogens with one attached hydrogen (secondary N) is 1. The average molecular weight is 342 g/mol. The second-order valence-corrected chi connectivity index (χ2v) is 6.51. The van der Waals surface area contributed by atoms with Crippen molar-refractivity contribution >= 4 is 22.7 Å². The van der Waals surface area contributed by atoms with Gasteiger partial charge >= 0.3 is 6.03 Å². The summed E-state index contributed by atoms with van der Waals surface area (Å²) in [6, 6.07) is 13.1. The van der Waals surface area contributed by atoms with Crippen LogP contribution in [0.3, 0.4) is 0 Å². The van der Waals surface area contributed by atoms with Gasteiger partial charge in [-0.05, 0) is 36.2 Å². The van der Waals surface area contributed by atoms with E-state index in [1.54, 1.807) is 6.92 Å². The minimum absolute atomic E-state index is 0.00175. The number of aliphatic hydroxyl groups excluding tert-OH is 1. The first-order chi connectivity index (χ1) is 11.9. The third-order valence-corrected chi connectivity index (χ3v) is 4.61. The van der Waals surface area contributed by atoms with Crippen LogP contribution in [0.15, 0.2) is 42.5 Å². The molecule has 1 aliphatic rings. The summed E-state index contributed by atoms with van der Waals surface area (Å²) in [4.78, 5) is 25.3. The molecule has 1 fully saturated rings. The number of imide groups is 1.